The molecule has 110 valence electrons. The van der Waals surface area contributed by atoms with Gasteiger partial charge in [-0.25, -0.2) is 4.98 Å². The van der Waals surface area contributed by atoms with Crippen LogP contribution in [0.3, 0.4) is 0 Å². The second kappa shape index (κ2) is 6.41. The third kappa shape index (κ3) is 3.32. The zero-order valence-corrected chi connectivity index (χ0v) is 12.5. The summed E-state index contributed by atoms with van der Waals surface area (Å²) in [5, 5.41) is 14.8. The van der Waals surface area contributed by atoms with Gasteiger partial charge >= 0.3 is 0 Å². The van der Waals surface area contributed by atoms with Crippen molar-refractivity contribution in [3.63, 3.8) is 0 Å². The number of nitrogens with zero attached hydrogens (tertiary/aromatic N) is 1. The summed E-state index contributed by atoms with van der Waals surface area (Å²) >= 11 is 1.33. The average Bonchev–Trinajstić information content (AvgIpc) is 2.91. The molecule has 0 spiro atoms. The third-order valence-corrected chi connectivity index (χ3v) is 4.05. The Bertz CT molecular complexity index is 770. The van der Waals surface area contributed by atoms with Crippen molar-refractivity contribution in [3.8, 4) is 11.3 Å². The van der Waals surface area contributed by atoms with Crippen molar-refractivity contribution in [1.82, 2.24) is 4.98 Å². The van der Waals surface area contributed by atoms with Gasteiger partial charge in [-0.15, -0.1) is 11.3 Å². The molecule has 0 unspecified atom stereocenters. The molecule has 3 rings (SSSR count). The largest absolute Gasteiger partial charge is 0.550 e. The van der Waals surface area contributed by atoms with Gasteiger partial charge in [0.05, 0.1) is 5.69 Å². The first-order chi connectivity index (χ1) is 10.7. The summed E-state index contributed by atoms with van der Waals surface area (Å²) in [4.78, 5) is 16.2. The number of carboxylic acid groups (broad SMARTS) is 1. The van der Waals surface area contributed by atoms with Crippen LogP contribution in [-0.4, -0.2) is 11.0 Å². The highest BCUT2D eigenvalue weighted by Gasteiger charge is 2.13. The number of carbonyl (C=O) groups is 1. The number of carboxylic acids is 1. The van der Waals surface area contributed by atoms with Gasteiger partial charge in [0.2, 0.25) is 0 Å². The molecule has 1 aromatic heterocycles. The predicted octanol–water partition coefficient (Wildman–Crippen LogP) is 2.85. The molecule has 4 nitrogen and oxygen atoms in total. The summed E-state index contributed by atoms with van der Waals surface area (Å²) in [6.45, 7) is 0. The fourth-order valence-corrected chi connectivity index (χ4v) is 3.11. The number of anilines is 2. The highest BCUT2D eigenvalue weighted by molar-refractivity contribution is 7.16. The second-order valence-corrected chi connectivity index (χ2v) is 5.78. The maximum Gasteiger partial charge on any atom is 0.187 e. The molecule has 1 N–H and O–H groups in total. The van der Waals surface area contributed by atoms with E-state index >= 15 is 0 Å². The molecule has 5 heteroatoms. The van der Waals surface area contributed by atoms with E-state index in [1.807, 2.05) is 60.7 Å². The van der Waals surface area contributed by atoms with Crippen molar-refractivity contribution >= 4 is 28.1 Å². The lowest BCUT2D eigenvalue weighted by molar-refractivity contribution is -0.304. The Morgan fingerprint density at radius 3 is 2.32 bits per heavy atom. The normalized spacial score (nSPS) is 10.4. The molecule has 0 saturated heterocycles. The van der Waals surface area contributed by atoms with E-state index in [0.717, 1.165) is 11.3 Å². The van der Waals surface area contributed by atoms with E-state index in [4.69, 9.17) is 0 Å². The number of hydrogen-bond donors (Lipinski definition) is 1. The lowest BCUT2D eigenvalue weighted by Crippen LogP contribution is -2.24. The molecule has 0 radical (unpaired) electrons. The number of benzene rings is 2. The lowest BCUT2D eigenvalue weighted by Gasteiger charge is -2.02. The van der Waals surface area contributed by atoms with Gasteiger partial charge in [-0.2, -0.15) is 0 Å². The van der Waals surface area contributed by atoms with E-state index in [1.54, 1.807) is 0 Å². The maximum absolute atomic E-state index is 11.0. The first-order valence-electron chi connectivity index (χ1n) is 6.79. The number of carbonyl (C=O) groups excluding carboxylic acids is 1. The Kier molecular flexibility index (Phi) is 4.16. The monoisotopic (exact) mass is 309 g/mol. The van der Waals surface area contributed by atoms with Crippen LogP contribution >= 0.6 is 11.3 Å². The van der Waals surface area contributed by atoms with Gasteiger partial charge in [0.1, 0.15) is 0 Å². The molecule has 0 aliphatic rings. The van der Waals surface area contributed by atoms with Crippen LogP contribution in [0.4, 0.5) is 10.8 Å². The fourth-order valence-electron chi connectivity index (χ4n) is 2.12. The Labute approximate surface area is 132 Å². The van der Waals surface area contributed by atoms with Crippen LogP contribution in [0.2, 0.25) is 0 Å². The first kappa shape index (κ1) is 14.3. The van der Waals surface area contributed by atoms with E-state index in [1.165, 1.54) is 11.3 Å². The minimum Gasteiger partial charge on any atom is -0.550 e. The molecule has 22 heavy (non-hydrogen) atoms. The zero-order valence-electron chi connectivity index (χ0n) is 11.7. The highest BCUT2D eigenvalue weighted by Crippen LogP contribution is 2.32. The minimum atomic E-state index is -1.10. The highest BCUT2D eigenvalue weighted by atomic mass is 32.1. The topological polar surface area (TPSA) is 65.0 Å². The molecule has 0 amide bonds. The van der Waals surface area contributed by atoms with Gasteiger partial charge in [-0.3, -0.25) is 0 Å². The molecule has 3 aromatic rings. The summed E-state index contributed by atoms with van der Waals surface area (Å²) in [5.41, 5.74) is 2.50. The van der Waals surface area contributed by atoms with E-state index in [9.17, 15) is 9.90 Å². The Morgan fingerprint density at radius 2 is 1.68 bits per heavy atom. The van der Waals surface area contributed by atoms with E-state index in [-0.39, 0.29) is 6.42 Å². The molecular weight excluding hydrogens is 296 g/mol. The van der Waals surface area contributed by atoms with E-state index in [2.05, 4.69) is 10.3 Å². The number of para-hydroxylation sites is 1. The summed E-state index contributed by atoms with van der Waals surface area (Å²) < 4.78 is 0. The zero-order chi connectivity index (χ0) is 15.4. The first-order valence-corrected chi connectivity index (χ1v) is 7.61. The number of thiazole rings is 1. The van der Waals surface area contributed by atoms with Crippen LogP contribution in [0.25, 0.3) is 11.3 Å². The van der Waals surface area contributed by atoms with Crippen LogP contribution in [-0.2, 0) is 11.2 Å². The van der Waals surface area contributed by atoms with Gasteiger partial charge in [-0.05, 0) is 12.1 Å². The van der Waals surface area contributed by atoms with Crippen LogP contribution in [0.15, 0.2) is 60.7 Å². The number of aliphatic carboxylic acids is 1. The van der Waals surface area contributed by atoms with Crippen molar-refractivity contribution in [3.05, 3.63) is 65.5 Å². The van der Waals surface area contributed by atoms with Crippen LogP contribution in [0.5, 0.6) is 0 Å². The quantitative estimate of drug-likeness (QED) is 0.787. The maximum atomic E-state index is 11.0. The summed E-state index contributed by atoms with van der Waals surface area (Å²) in [5.74, 6) is -1.10. The molecule has 0 aliphatic heterocycles. The minimum absolute atomic E-state index is 0.141. The smallest absolute Gasteiger partial charge is 0.187 e. The lowest BCUT2D eigenvalue weighted by atomic mass is 10.1. The summed E-state index contributed by atoms with van der Waals surface area (Å²) in [6, 6.07) is 19.2. The summed E-state index contributed by atoms with van der Waals surface area (Å²) in [6.07, 6.45) is -0.141. The van der Waals surface area contributed by atoms with Gasteiger partial charge in [-0.1, -0.05) is 48.5 Å². The van der Waals surface area contributed by atoms with Crippen molar-refractivity contribution in [1.29, 1.82) is 0 Å². The number of aromatic nitrogens is 1. The second-order valence-electron chi connectivity index (χ2n) is 4.70. The van der Waals surface area contributed by atoms with Gasteiger partial charge in [0.15, 0.2) is 5.13 Å². The van der Waals surface area contributed by atoms with Crippen LogP contribution in [0, 0.1) is 0 Å². The van der Waals surface area contributed by atoms with Gasteiger partial charge < -0.3 is 15.2 Å². The molecule has 0 atom stereocenters. The number of nitrogens with one attached hydrogen (secondary N) is 1. The molecule has 0 saturated carbocycles. The fraction of sp³-hybridized carbons (Fsp3) is 0.0588. The Morgan fingerprint density at radius 1 is 1.05 bits per heavy atom. The standard InChI is InChI=1S/C17H14N2O2S/c20-15(21)11-14-16(12-7-3-1-4-8-12)19-17(22-14)18-13-9-5-2-6-10-13/h1-10H,11H2,(H,18,19)(H,20,21)/p-1. The van der Waals surface area contributed by atoms with Crippen molar-refractivity contribution in [2.75, 3.05) is 5.32 Å². The molecule has 1 heterocycles. The molecule has 0 fully saturated rings. The Balaban J connectivity index is 1.96. The van der Waals surface area contributed by atoms with E-state index < -0.39 is 5.97 Å². The number of rotatable bonds is 5. The molecular formula is C17H13N2O2S-. The SMILES string of the molecule is O=C([O-])Cc1sc(Nc2ccccc2)nc1-c1ccccc1. The van der Waals surface area contributed by atoms with Gasteiger partial charge in [0.25, 0.3) is 0 Å². The van der Waals surface area contributed by atoms with Gasteiger partial charge in [0, 0.05) is 28.5 Å². The summed E-state index contributed by atoms with van der Waals surface area (Å²) in [7, 11) is 0. The van der Waals surface area contributed by atoms with Crippen LogP contribution < -0.4 is 10.4 Å². The van der Waals surface area contributed by atoms with E-state index in [0.29, 0.717) is 15.7 Å². The average molecular weight is 309 g/mol. The van der Waals surface area contributed by atoms with Crippen LogP contribution in [0.1, 0.15) is 4.88 Å². The van der Waals surface area contributed by atoms with Crippen molar-refractivity contribution in [2.24, 2.45) is 0 Å². The molecule has 2 aromatic carbocycles. The molecule has 0 aliphatic carbocycles. The molecule has 0 bridgehead atoms. The van der Waals surface area contributed by atoms with Crippen molar-refractivity contribution in [2.45, 2.75) is 6.42 Å². The van der Waals surface area contributed by atoms with Crippen molar-refractivity contribution < 1.29 is 9.90 Å². The Hall–Kier alpha value is -2.66. The predicted molar refractivity (Wildman–Crippen MR) is 86.0 cm³/mol. The third-order valence-electron chi connectivity index (χ3n) is 3.07. The number of hydrogen-bond acceptors (Lipinski definition) is 5.